The summed E-state index contributed by atoms with van der Waals surface area (Å²) in [5, 5.41) is 3.01. The van der Waals surface area contributed by atoms with Crippen LogP contribution in [0, 0.1) is 19.8 Å². The van der Waals surface area contributed by atoms with E-state index in [1.54, 1.807) is 0 Å². The number of anilines is 1. The second-order valence-electron chi connectivity index (χ2n) is 7.41. The lowest BCUT2D eigenvalue weighted by Crippen LogP contribution is -2.22. The highest BCUT2D eigenvalue weighted by Crippen LogP contribution is 2.36. The van der Waals surface area contributed by atoms with Gasteiger partial charge in [-0.25, -0.2) is 4.79 Å². The van der Waals surface area contributed by atoms with Crippen LogP contribution < -0.4 is 14.8 Å². The largest absolute Gasteiger partial charge is 0.493 e. The third-order valence-corrected chi connectivity index (χ3v) is 4.77. The van der Waals surface area contributed by atoms with E-state index in [9.17, 15) is 9.59 Å². The Kier molecular flexibility index (Phi) is 8.54. The number of nitrogens with one attached hydrogen (secondary N) is 1. The molecule has 1 amide bonds. The summed E-state index contributed by atoms with van der Waals surface area (Å²) in [7, 11) is 1.47. The van der Waals surface area contributed by atoms with E-state index < -0.39 is 18.5 Å². The van der Waals surface area contributed by atoms with E-state index in [0.717, 1.165) is 17.5 Å². The molecule has 0 aliphatic heterocycles. The van der Waals surface area contributed by atoms with Crippen molar-refractivity contribution in [3.63, 3.8) is 0 Å². The van der Waals surface area contributed by atoms with Crippen molar-refractivity contribution in [3.05, 3.63) is 52.0 Å². The molecule has 0 radical (unpaired) electrons. The smallest absolute Gasteiger partial charge is 0.338 e. The number of aryl methyl sites for hydroxylation is 2. The van der Waals surface area contributed by atoms with E-state index in [-0.39, 0.29) is 10.6 Å². The normalized spacial score (nSPS) is 10.6. The summed E-state index contributed by atoms with van der Waals surface area (Å²) in [4.78, 5) is 24.6. The molecule has 2 aromatic rings. The average Bonchev–Trinajstić information content (AvgIpc) is 2.69. The van der Waals surface area contributed by atoms with Gasteiger partial charge >= 0.3 is 5.97 Å². The van der Waals surface area contributed by atoms with Crippen molar-refractivity contribution >= 4 is 29.2 Å². The van der Waals surface area contributed by atoms with Crippen LogP contribution >= 0.6 is 11.6 Å². The third-order valence-electron chi connectivity index (χ3n) is 4.49. The predicted octanol–water partition coefficient (Wildman–Crippen LogP) is 5.19. The molecule has 30 heavy (non-hydrogen) atoms. The van der Waals surface area contributed by atoms with Crippen LogP contribution in [0.3, 0.4) is 0 Å². The van der Waals surface area contributed by atoms with E-state index >= 15 is 0 Å². The number of carbonyl (C=O) groups excluding carboxylic acids is 2. The van der Waals surface area contributed by atoms with Crippen molar-refractivity contribution < 1.29 is 23.8 Å². The van der Waals surface area contributed by atoms with Crippen LogP contribution in [0.4, 0.5) is 5.69 Å². The second-order valence-corrected chi connectivity index (χ2v) is 7.82. The van der Waals surface area contributed by atoms with Crippen molar-refractivity contribution in [2.24, 2.45) is 5.92 Å². The number of methoxy groups -OCH3 is 1. The van der Waals surface area contributed by atoms with E-state index in [1.165, 1.54) is 19.2 Å². The van der Waals surface area contributed by atoms with Gasteiger partial charge in [0.1, 0.15) is 0 Å². The van der Waals surface area contributed by atoms with Crippen molar-refractivity contribution in [1.29, 1.82) is 0 Å². The van der Waals surface area contributed by atoms with E-state index in [2.05, 4.69) is 19.2 Å². The summed E-state index contributed by atoms with van der Waals surface area (Å²) in [5.41, 5.74) is 2.75. The van der Waals surface area contributed by atoms with Gasteiger partial charge in [-0.3, -0.25) is 4.79 Å². The topological polar surface area (TPSA) is 73.9 Å². The molecule has 0 aliphatic carbocycles. The fourth-order valence-corrected chi connectivity index (χ4v) is 3.04. The standard InChI is InChI=1S/C23H28ClNO5/c1-14(2)9-10-29-22-18(24)11-17(12-19(22)28-5)23(27)30-13-20(26)25-21-15(3)7-6-8-16(21)4/h6-8,11-12,14H,9-10,13H2,1-5H3,(H,25,26). The summed E-state index contributed by atoms with van der Waals surface area (Å²) < 4.78 is 16.2. The number of amides is 1. The van der Waals surface area contributed by atoms with Gasteiger partial charge in [-0.2, -0.15) is 0 Å². The molecule has 0 spiro atoms. The minimum absolute atomic E-state index is 0.174. The molecule has 0 atom stereocenters. The molecule has 7 heteroatoms. The second kappa shape index (κ2) is 10.9. The van der Waals surface area contributed by atoms with Crippen LogP contribution in [0.5, 0.6) is 11.5 Å². The van der Waals surface area contributed by atoms with Crippen LogP contribution in [0.1, 0.15) is 41.8 Å². The maximum atomic E-state index is 12.4. The molecule has 2 rings (SSSR count). The summed E-state index contributed by atoms with van der Waals surface area (Å²) in [6.45, 7) is 8.05. The molecule has 2 aromatic carbocycles. The Bertz CT molecular complexity index is 890. The first-order chi connectivity index (χ1) is 14.2. The number of rotatable bonds is 9. The van der Waals surface area contributed by atoms with Crippen LogP contribution in [0.15, 0.2) is 30.3 Å². The van der Waals surface area contributed by atoms with Gasteiger partial charge in [-0.15, -0.1) is 0 Å². The van der Waals surface area contributed by atoms with Gasteiger partial charge in [-0.05, 0) is 49.4 Å². The van der Waals surface area contributed by atoms with Crippen molar-refractivity contribution in [1.82, 2.24) is 0 Å². The zero-order chi connectivity index (χ0) is 22.3. The van der Waals surface area contributed by atoms with Gasteiger partial charge in [0, 0.05) is 5.69 Å². The third kappa shape index (κ3) is 6.39. The van der Waals surface area contributed by atoms with Gasteiger partial charge in [-0.1, -0.05) is 43.6 Å². The first kappa shape index (κ1) is 23.5. The fourth-order valence-electron chi connectivity index (χ4n) is 2.78. The minimum Gasteiger partial charge on any atom is -0.493 e. The van der Waals surface area contributed by atoms with Crippen LogP contribution in [0.25, 0.3) is 0 Å². The molecule has 0 aliphatic rings. The Morgan fingerprint density at radius 2 is 1.80 bits per heavy atom. The highest BCUT2D eigenvalue weighted by molar-refractivity contribution is 6.32. The van der Waals surface area contributed by atoms with Crippen molar-refractivity contribution in [2.75, 3.05) is 25.6 Å². The number of hydrogen-bond acceptors (Lipinski definition) is 5. The molecule has 0 fully saturated rings. The zero-order valence-electron chi connectivity index (χ0n) is 18.0. The lowest BCUT2D eigenvalue weighted by Gasteiger charge is -2.15. The lowest BCUT2D eigenvalue weighted by atomic mass is 10.1. The number of halogens is 1. The fraction of sp³-hybridized carbons (Fsp3) is 0.391. The molecule has 162 valence electrons. The predicted molar refractivity (Wildman–Crippen MR) is 118 cm³/mol. The molecule has 0 bridgehead atoms. The van der Waals surface area contributed by atoms with Crippen molar-refractivity contribution in [3.8, 4) is 11.5 Å². The Balaban J connectivity index is 2.02. The molecule has 0 unspecified atom stereocenters. The maximum Gasteiger partial charge on any atom is 0.338 e. The lowest BCUT2D eigenvalue weighted by molar-refractivity contribution is -0.119. The monoisotopic (exact) mass is 433 g/mol. The molecule has 0 aromatic heterocycles. The van der Waals surface area contributed by atoms with Crippen LogP contribution in [-0.2, 0) is 9.53 Å². The Morgan fingerprint density at radius 1 is 1.13 bits per heavy atom. The molecule has 0 heterocycles. The molecule has 6 nitrogen and oxygen atoms in total. The van der Waals surface area contributed by atoms with E-state index in [1.807, 2.05) is 32.0 Å². The first-order valence-electron chi connectivity index (χ1n) is 9.76. The number of esters is 1. The summed E-state index contributed by atoms with van der Waals surface area (Å²) in [5.74, 6) is 0.0917. The summed E-state index contributed by atoms with van der Waals surface area (Å²) >= 11 is 6.29. The van der Waals surface area contributed by atoms with Crippen molar-refractivity contribution in [2.45, 2.75) is 34.1 Å². The summed E-state index contributed by atoms with van der Waals surface area (Å²) in [6.07, 6.45) is 0.860. The number of hydrogen-bond donors (Lipinski definition) is 1. The van der Waals surface area contributed by atoms with Gasteiger partial charge in [0.25, 0.3) is 5.91 Å². The zero-order valence-corrected chi connectivity index (χ0v) is 18.8. The maximum absolute atomic E-state index is 12.4. The summed E-state index contributed by atoms with van der Waals surface area (Å²) in [6, 6.07) is 8.64. The van der Waals surface area contributed by atoms with E-state index in [0.29, 0.717) is 29.7 Å². The van der Waals surface area contributed by atoms with Crippen LogP contribution in [0.2, 0.25) is 5.02 Å². The number of ether oxygens (including phenoxy) is 3. The quantitative estimate of drug-likeness (QED) is 0.551. The van der Waals surface area contributed by atoms with E-state index in [4.69, 9.17) is 25.8 Å². The van der Waals surface area contributed by atoms with Gasteiger partial charge in [0.15, 0.2) is 18.1 Å². The first-order valence-corrected chi connectivity index (χ1v) is 10.1. The Morgan fingerprint density at radius 3 is 2.40 bits per heavy atom. The highest BCUT2D eigenvalue weighted by atomic mass is 35.5. The number of benzene rings is 2. The van der Waals surface area contributed by atoms with Gasteiger partial charge in [0.05, 0.1) is 24.3 Å². The molecular weight excluding hydrogens is 406 g/mol. The Hall–Kier alpha value is -2.73. The molecule has 0 saturated heterocycles. The molecular formula is C23H28ClNO5. The van der Waals surface area contributed by atoms with Crippen LogP contribution in [-0.4, -0.2) is 32.2 Å². The highest BCUT2D eigenvalue weighted by Gasteiger charge is 2.18. The van der Waals surface area contributed by atoms with Gasteiger partial charge in [0.2, 0.25) is 0 Å². The molecule has 1 N–H and O–H groups in total. The minimum atomic E-state index is -0.680. The number of carbonyl (C=O) groups is 2. The molecule has 0 saturated carbocycles. The number of para-hydroxylation sites is 1. The Labute approximate surface area is 182 Å². The SMILES string of the molecule is COc1cc(C(=O)OCC(=O)Nc2c(C)cccc2C)cc(Cl)c1OCCC(C)C. The van der Waals surface area contributed by atoms with Gasteiger partial charge < -0.3 is 19.5 Å². The average molecular weight is 434 g/mol.